The molecule has 192 valence electrons. The van der Waals surface area contributed by atoms with Gasteiger partial charge in [0.2, 0.25) is 0 Å². The number of benzene rings is 1. The highest BCUT2D eigenvalue weighted by Crippen LogP contribution is 2.25. The summed E-state index contributed by atoms with van der Waals surface area (Å²) in [7, 11) is -3.83. The summed E-state index contributed by atoms with van der Waals surface area (Å²) in [5, 5.41) is 8.96. The Bertz CT molecular complexity index is 1300. The Morgan fingerprint density at radius 1 is 1.17 bits per heavy atom. The van der Waals surface area contributed by atoms with Gasteiger partial charge in [-0.15, -0.1) is 0 Å². The minimum Gasteiger partial charge on any atom is -0.379 e. The van der Waals surface area contributed by atoms with Gasteiger partial charge in [0.25, 0.3) is 5.91 Å². The fraction of sp³-hybridized carbons (Fsp3) is 0.440. The van der Waals surface area contributed by atoms with Crippen LogP contribution in [0.25, 0.3) is 0 Å². The summed E-state index contributed by atoms with van der Waals surface area (Å²) in [5.74, 6) is 5.20. The fourth-order valence-corrected chi connectivity index (χ4v) is 5.10. The lowest BCUT2D eigenvalue weighted by Crippen LogP contribution is -2.50. The molecule has 1 saturated heterocycles. The van der Waals surface area contributed by atoms with Crippen molar-refractivity contribution in [1.29, 1.82) is 0 Å². The Morgan fingerprint density at radius 2 is 1.83 bits per heavy atom. The quantitative estimate of drug-likeness (QED) is 0.324. The van der Waals surface area contributed by atoms with Crippen LogP contribution in [0.4, 0.5) is 4.79 Å². The number of fused-ring (bicyclic) bond motifs is 1. The van der Waals surface area contributed by atoms with E-state index in [0.29, 0.717) is 5.56 Å². The molecule has 1 aromatic carbocycles. The molecular weight excluding hydrogens is 484 g/mol. The molecule has 0 bridgehead atoms. The number of morpholine rings is 1. The first-order chi connectivity index (χ1) is 17.1. The molecule has 0 saturated carbocycles. The van der Waals surface area contributed by atoms with Crippen molar-refractivity contribution >= 4 is 21.8 Å². The van der Waals surface area contributed by atoms with E-state index >= 15 is 0 Å². The minimum absolute atomic E-state index is 0.0370. The number of hydrogen-bond donors (Lipinski definition) is 2. The summed E-state index contributed by atoms with van der Waals surface area (Å²) in [6.45, 7) is 5.84. The SMILES string of the molecule is C[C@@](CCN1Cc2cc(C#Cc3ccc(CN4CCOCC4)cc3)cn2C1=O)(C(=O)NO)S(C)(=O)=O. The number of carbonyl (C=O) groups is 2. The Labute approximate surface area is 210 Å². The Morgan fingerprint density at radius 3 is 2.44 bits per heavy atom. The van der Waals surface area contributed by atoms with E-state index in [4.69, 9.17) is 9.94 Å². The van der Waals surface area contributed by atoms with Crippen LogP contribution in [0.2, 0.25) is 0 Å². The highest BCUT2D eigenvalue weighted by Gasteiger charge is 2.44. The summed E-state index contributed by atoms with van der Waals surface area (Å²) in [6.07, 6.45) is 2.44. The number of carbonyl (C=O) groups excluding carboxylic acids is 2. The topological polar surface area (TPSA) is 121 Å². The second kappa shape index (κ2) is 10.4. The molecule has 2 aliphatic heterocycles. The predicted molar refractivity (Wildman–Crippen MR) is 132 cm³/mol. The first-order valence-electron chi connectivity index (χ1n) is 11.7. The van der Waals surface area contributed by atoms with Gasteiger partial charge in [-0.3, -0.25) is 19.5 Å². The van der Waals surface area contributed by atoms with Crippen molar-refractivity contribution in [3.8, 4) is 11.8 Å². The lowest BCUT2D eigenvalue weighted by molar-refractivity contribution is -0.131. The molecule has 2 amide bonds. The first-order valence-corrected chi connectivity index (χ1v) is 13.6. The molecule has 2 N–H and O–H groups in total. The zero-order valence-electron chi connectivity index (χ0n) is 20.4. The van der Waals surface area contributed by atoms with Gasteiger partial charge in [0.1, 0.15) is 0 Å². The molecule has 0 unspecified atom stereocenters. The number of sulfone groups is 1. The zero-order chi connectivity index (χ0) is 25.9. The lowest BCUT2D eigenvalue weighted by atomic mass is 10.1. The number of nitrogens with zero attached hydrogens (tertiary/aromatic N) is 3. The zero-order valence-corrected chi connectivity index (χ0v) is 21.2. The number of nitrogens with one attached hydrogen (secondary N) is 1. The van der Waals surface area contributed by atoms with Crippen LogP contribution in [0, 0.1) is 11.8 Å². The van der Waals surface area contributed by atoms with Crippen molar-refractivity contribution in [1.82, 2.24) is 19.8 Å². The molecule has 2 aromatic rings. The molecule has 2 aliphatic rings. The Balaban J connectivity index is 1.37. The number of hydroxylamine groups is 1. The predicted octanol–water partition coefficient (Wildman–Crippen LogP) is 1.20. The van der Waals surface area contributed by atoms with Gasteiger partial charge >= 0.3 is 6.03 Å². The highest BCUT2D eigenvalue weighted by molar-refractivity contribution is 7.92. The van der Waals surface area contributed by atoms with E-state index in [0.717, 1.165) is 50.4 Å². The molecule has 4 rings (SSSR count). The Hall–Kier alpha value is -3.17. The maximum atomic E-state index is 12.8. The van der Waals surface area contributed by atoms with Crippen LogP contribution in [0.1, 0.15) is 35.7 Å². The average Bonchev–Trinajstić information content (AvgIpc) is 3.39. The van der Waals surface area contributed by atoms with Crippen molar-refractivity contribution in [2.45, 2.75) is 31.2 Å². The maximum absolute atomic E-state index is 12.8. The summed E-state index contributed by atoms with van der Waals surface area (Å²) >= 11 is 0. The summed E-state index contributed by atoms with van der Waals surface area (Å²) in [5.41, 5.74) is 4.96. The summed E-state index contributed by atoms with van der Waals surface area (Å²) in [6, 6.07) is 9.63. The van der Waals surface area contributed by atoms with E-state index in [-0.39, 0.29) is 25.5 Å². The highest BCUT2D eigenvalue weighted by atomic mass is 32.2. The molecular formula is C25H30N4O6S. The van der Waals surface area contributed by atoms with Crippen LogP contribution in [0.3, 0.4) is 0 Å². The van der Waals surface area contributed by atoms with Gasteiger partial charge in [-0.25, -0.2) is 18.7 Å². The van der Waals surface area contributed by atoms with Crippen LogP contribution >= 0.6 is 0 Å². The largest absolute Gasteiger partial charge is 0.379 e. The van der Waals surface area contributed by atoms with Gasteiger partial charge < -0.3 is 9.64 Å². The van der Waals surface area contributed by atoms with Gasteiger partial charge in [-0.1, -0.05) is 24.0 Å². The van der Waals surface area contributed by atoms with Gasteiger partial charge in [0.15, 0.2) is 14.6 Å². The number of hydrogen-bond acceptors (Lipinski definition) is 7. The molecule has 36 heavy (non-hydrogen) atoms. The number of aromatic nitrogens is 1. The van der Waals surface area contributed by atoms with Gasteiger partial charge in [0, 0.05) is 55.5 Å². The first kappa shape index (κ1) is 25.9. The van der Waals surface area contributed by atoms with E-state index in [1.54, 1.807) is 6.20 Å². The van der Waals surface area contributed by atoms with Gasteiger partial charge in [-0.05, 0) is 37.1 Å². The van der Waals surface area contributed by atoms with E-state index in [9.17, 15) is 18.0 Å². The molecule has 10 nitrogen and oxygen atoms in total. The number of rotatable bonds is 7. The maximum Gasteiger partial charge on any atom is 0.328 e. The van der Waals surface area contributed by atoms with Gasteiger partial charge in [-0.2, -0.15) is 0 Å². The van der Waals surface area contributed by atoms with Crippen LogP contribution in [-0.2, 0) is 32.5 Å². The molecule has 0 aliphatic carbocycles. The monoisotopic (exact) mass is 514 g/mol. The van der Waals surface area contributed by atoms with Crippen LogP contribution in [0.5, 0.6) is 0 Å². The van der Waals surface area contributed by atoms with Crippen molar-refractivity contribution in [3.63, 3.8) is 0 Å². The minimum atomic E-state index is -3.83. The molecule has 3 heterocycles. The van der Waals surface area contributed by atoms with Crippen LogP contribution in [0.15, 0.2) is 36.5 Å². The Kier molecular flexibility index (Phi) is 7.51. The molecule has 1 atom stereocenters. The third-order valence-electron chi connectivity index (χ3n) is 6.80. The van der Waals surface area contributed by atoms with Crippen LogP contribution < -0.4 is 5.48 Å². The van der Waals surface area contributed by atoms with E-state index < -0.39 is 20.5 Å². The molecule has 1 aromatic heterocycles. The molecule has 1 fully saturated rings. The lowest BCUT2D eigenvalue weighted by Gasteiger charge is -2.27. The smallest absolute Gasteiger partial charge is 0.328 e. The number of ether oxygens (including phenoxy) is 1. The fourth-order valence-electron chi connectivity index (χ4n) is 4.26. The third kappa shape index (κ3) is 5.47. The average molecular weight is 515 g/mol. The van der Waals surface area contributed by atoms with Crippen molar-refractivity contribution in [2.24, 2.45) is 0 Å². The normalized spacial score (nSPS) is 17.8. The second-order valence-electron chi connectivity index (χ2n) is 9.32. The third-order valence-corrected chi connectivity index (χ3v) is 8.83. The van der Waals surface area contributed by atoms with Crippen molar-refractivity contribution in [3.05, 3.63) is 58.9 Å². The van der Waals surface area contributed by atoms with E-state index in [1.807, 2.05) is 18.2 Å². The summed E-state index contributed by atoms with van der Waals surface area (Å²) < 4.78 is 29.3. The molecule has 11 heteroatoms. The van der Waals surface area contributed by atoms with Gasteiger partial charge in [0.05, 0.1) is 19.8 Å². The summed E-state index contributed by atoms with van der Waals surface area (Å²) in [4.78, 5) is 28.7. The number of amides is 2. The van der Waals surface area contributed by atoms with E-state index in [1.165, 1.54) is 27.4 Å². The van der Waals surface area contributed by atoms with Crippen LogP contribution in [-0.4, -0.2) is 83.8 Å². The van der Waals surface area contributed by atoms with E-state index in [2.05, 4.69) is 28.9 Å². The second-order valence-corrected chi connectivity index (χ2v) is 11.8. The van der Waals surface area contributed by atoms with Crippen molar-refractivity contribution in [2.75, 3.05) is 39.1 Å². The standard InChI is InChI=1S/C25H30N4O6S/c1-25(23(30)26-32,36(2,33)34)9-10-28-18-22-15-21(17-29(22)24(28)31)8-5-19-3-6-20(7-4-19)16-27-11-13-35-14-12-27/h3-4,6-7,15,17,32H,9-14,16,18H2,1-2H3,(H,26,30)/t25-/m1/s1. The molecule has 0 radical (unpaired) electrons. The van der Waals surface area contributed by atoms with Crippen molar-refractivity contribution < 1.29 is 28.0 Å². The molecule has 0 spiro atoms.